The molecule has 0 bridgehead atoms. The van der Waals surface area contributed by atoms with Gasteiger partial charge in [-0.1, -0.05) is 35.9 Å². The van der Waals surface area contributed by atoms with Crippen LogP contribution in [-0.2, 0) is 0 Å². The van der Waals surface area contributed by atoms with E-state index in [9.17, 15) is 0 Å². The fraction of sp³-hybridized carbons (Fsp3) is 0.143. The van der Waals surface area contributed by atoms with Gasteiger partial charge in [-0.2, -0.15) is 0 Å². The highest BCUT2D eigenvalue weighted by molar-refractivity contribution is 5.11. The Morgan fingerprint density at radius 3 is 2.14 bits per heavy atom. The van der Waals surface area contributed by atoms with E-state index in [1.807, 2.05) is 18.2 Å². The van der Waals surface area contributed by atoms with E-state index in [-0.39, 0.29) is 0 Å². The Labute approximate surface area is 46.9 Å². The van der Waals surface area contributed by atoms with Gasteiger partial charge >= 0.3 is 0 Å². The molecule has 1 rings (SSSR count). The molecule has 0 saturated heterocycles. The second-order valence-electron chi connectivity index (χ2n) is 1.65. The molecule has 7 heavy (non-hydrogen) atoms. The van der Waals surface area contributed by atoms with Crippen LogP contribution in [0.1, 0.15) is 8.53 Å². The molecule has 0 heteroatoms. The largest absolute Gasteiger partial charge is 0.0622 e. The van der Waals surface area contributed by atoms with Crippen molar-refractivity contribution in [3.05, 3.63) is 35.9 Å². The maximum absolute atomic E-state index is 5.00. The zero-order valence-electron chi connectivity index (χ0n) is 6.39. The third-order valence-electron chi connectivity index (χ3n) is 0.940. The van der Waals surface area contributed by atoms with Crippen molar-refractivity contribution >= 4 is 0 Å². The van der Waals surface area contributed by atoms with E-state index in [0.29, 0.717) is 0 Å². The Kier molecular flexibility index (Phi) is 0.828. The smallest absolute Gasteiger partial charge is 0 e. The summed E-state index contributed by atoms with van der Waals surface area (Å²) in [6.45, 7) is 2.08. The van der Waals surface area contributed by atoms with Crippen molar-refractivity contribution in [1.29, 1.82) is 0 Å². The van der Waals surface area contributed by atoms with Gasteiger partial charge in [0.25, 0.3) is 0 Å². The highest BCUT2D eigenvalue weighted by atomic mass is 13.8. The van der Waals surface area contributed by atoms with Crippen molar-refractivity contribution in [3.63, 3.8) is 0 Å². The van der Waals surface area contributed by atoms with Gasteiger partial charge in [0, 0.05) is 2.97 Å². The van der Waals surface area contributed by atoms with Crippen LogP contribution < -0.4 is 0 Å². The summed E-state index contributed by atoms with van der Waals surface area (Å²) in [5, 5.41) is 0. The monoisotopic (exact) mass is 96.1 g/mol. The summed E-state index contributed by atoms with van der Waals surface area (Å²) < 4.78 is 10.0. The molecular formula is C7H10. The molecule has 0 N–H and O–H groups in total. The summed E-state index contributed by atoms with van der Waals surface area (Å²) in [5.74, 6) is 0. The lowest BCUT2D eigenvalue weighted by Crippen LogP contribution is -1.62. The maximum Gasteiger partial charge on any atom is 0 e. The van der Waals surface area contributed by atoms with Crippen LogP contribution in [0, 0.1) is 6.92 Å². The predicted molar refractivity (Wildman–Crippen MR) is 33.3 cm³/mol. The molecule has 0 aliphatic rings. The van der Waals surface area contributed by atoms with E-state index < -0.39 is 0 Å². The fourth-order valence-corrected chi connectivity index (χ4v) is 0.534. The van der Waals surface area contributed by atoms with Crippen LogP contribution >= 0.6 is 0 Å². The molecular weight excluding hydrogens is 84.1 g/mol. The number of rotatable bonds is 0. The van der Waals surface area contributed by atoms with Crippen molar-refractivity contribution in [1.82, 2.24) is 0 Å². The molecule has 1 aromatic rings. The molecule has 0 nitrogen and oxygen atoms in total. The molecule has 0 aliphatic carbocycles. The summed E-state index contributed by atoms with van der Waals surface area (Å²) in [6, 6.07) is 10.3. The van der Waals surface area contributed by atoms with Crippen molar-refractivity contribution in [2.45, 2.75) is 6.92 Å². The summed E-state index contributed by atoms with van der Waals surface area (Å²) in [7, 11) is 0. The number of hydrogen-bond donors (Lipinski definition) is 0. The van der Waals surface area contributed by atoms with Crippen LogP contribution in [0.2, 0.25) is 0 Å². The summed E-state index contributed by atoms with van der Waals surface area (Å²) in [4.78, 5) is 0. The van der Waals surface area contributed by atoms with Gasteiger partial charge in [0.2, 0.25) is 0 Å². The van der Waals surface area contributed by atoms with Crippen molar-refractivity contribution < 1.29 is 2.97 Å². The van der Waals surface area contributed by atoms with E-state index in [1.54, 1.807) is 0 Å². The average molecular weight is 96.2 g/mol. The molecule has 0 aromatic heterocycles. The van der Waals surface area contributed by atoms with Gasteiger partial charge in [-0.15, -0.1) is 0 Å². The Morgan fingerprint density at radius 1 is 1.29 bits per heavy atom. The predicted octanol–water partition coefficient (Wildman–Crippen LogP) is 2.24. The molecule has 0 fully saturated rings. The first-order valence-corrected chi connectivity index (χ1v) is 2.41. The van der Waals surface area contributed by atoms with Gasteiger partial charge in [0.15, 0.2) is 0 Å². The van der Waals surface area contributed by atoms with Crippen LogP contribution in [0.4, 0.5) is 0 Å². The molecule has 0 aliphatic heterocycles. The molecule has 38 valence electrons. The maximum atomic E-state index is 5.00. The highest BCUT2D eigenvalue weighted by Crippen LogP contribution is 1.92. The van der Waals surface area contributed by atoms with E-state index in [2.05, 4.69) is 19.1 Å². The summed E-state index contributed by atoms with van der Waals surface area (Å²) >= 11 is 0. The molecule has 0 unspecified atom stereocenters. The number of benzene rings is 1. The number of aryl methyl sites for hydroxylation is 1. The van der Waals surface area contributed by atoms with Crippen molar-refractivity contribution in [2.24, 2.45) is 0 Å². The standard InChI is InChI=1S/C7H8.H2/c1-7-5-3-2-4-6-7;/h2-6H,1H3;1H/i;1+1D. The lowest BCUT2D eigenvalue weighted by Gasteiger charge is -1.82. The zero-order valence-corrected chi connectivity index (χ0v) is 4.39. The van der Waals surface area contributed by atoms with Gasteiger partial charge in [-0.3, -0.25) is 0 Å². The Balaban J connectivity index is 0.000000291. The minimum atomic E-state index is 1.32. The minimum Gasteiger partial charge on any atom is -0.0622 e. The zero-order chi connectivity index (χ0) is 7.11. The summed E-state index contributed by atoms with van der Waals surface area (Å²) in [5.41, 5.74) is 1.32. The third-order valence-corrected chi connectivity index (χ3v) is 0.940. The molecule has 0 amide bonds. The quantitative estimate of drug-likeness (QED) is 0.464. The molecule has 0 atom stereocenters. The molecule has 0 saturated carbocycles. The van der Waals surface area contributed by atoms with Crippen LogP contribution in [-0.4, -0.2) is 0 Å². The highest BCUT2D eigenvalue weighted by Gasteiger charge is 1.72. The van der Waals surface area contributed by atoms with Crippen LogP contribution in [0.5, 0.6) is 0 Å². The Morgan fingerprint density at radius 2 is 1.86 bits per heavy atom. The molecule has 0 heterocycles. The van der Waals surface area contributed by atoms with Gasteiger partial charge in [0.05, 0.1) is 0 Å². The first-order chi connectivity index (χ1) is 4.39. The topological polar surface area (TPSA) is 0 Å². The normalized spacial score (nSPS) is 9.86. The van der Waals surface area contributed by atoms with Gasteiger partial charge < -0.3 is 0 Å². The lowest BCUT2D eigenvalue weighted by atomic mass is 10.2. The second-order valence-corrected chi connectivity index (χ2v) is 1.65. The van der Waals surface area contributed by atoms with E-state index in [4.69, 9.17) is 2.97 Å². The van der Waals surface area contributed by atoms with E-state index >= 15 is 0 Å². The van der Waals surface area contributed by atoms with Crippen LogP contribution in [0.15, 0.2) is 30.3 Å². The fourth-order valence-electron chi connectivity index (χ4n) is 0.534. The lowest BCUT2D eigenvalue weighted by molar-refractivity contribution is 1.48. The minimum absolute atomic E-state index is 1.32. The molecule has 0 radical (unpaired) electrons. The first kappa shape index (κ1) is 3.25. The van der Waals surface area contributed by atoms with E-state index in [0.717, 1.165) is 0 Å². The van der Waals surface area contributed by atoms with Crippen molar-refractivity contribution in [3.8, 4) is 0 Å². The average Bonchev–Trinajstić information content (AvgIpc) is 1.94. The van der Waals surface area contributed by atoms with E-state index in [1.165, 1.54) is 5.56 Å². The Hall–Kier alpha value is -0.780. The molecule has 1 aromatic carbocycles. The SMILES string of the molecule is Cc1ccccc1.[2H][2H]. The number of hydrogen-bond acceptors (Lipinski definition) is 0. The Bertz CT molecular complexity index is 137. The van der Waals surface area contributed by atoms with Crippen LogP contribution in [0.25, 0.3) is 0 Å². The van der Waals surface area contributed by atoms with Gasteiger partial charge in [-0.25, -0.2) is 0 Å². The first-order valence-electron chi connectivity index (χ1n) is 3.41. The van der Waals surface area contributed by atoms with Gasteiger partial charge in [-0.05, 0) is 6.92 Å². The second kappa shape index (κ2) is 1.78. The van der Waals surface area contributed by atoms with Crippen LogP contribution in [0.3, 0.4) is 0 Å². The summed E-state index contributed by atoms with van der Waals surface area (Å²) in [6.07, 6.45) is 0. The third kappa shape index (κ3) is 1.04. The van der Waals surface area contributed by atoms with Gasteiger partial charge in [0.1, 0.15) is 0 Å². The van der Waals surface area contributed by atoms with Crippen molar-refractivity contribution in [2.75, 3.05) is 0 Å². The molecule has 0 spiro atoms.